The zero-order valence-corrected chi connectivity index (χ0v) is 11.6. The van der Waals surface area contributed by atoms with Crippen LogP contribution in [0, 0.1) is 0 Å². The predicted molar refractivity (Wildman–Crippen MR) is 88.9 cm³/mol. The number of hydrogen-bond acceptors (Lipinski definition) is 2. The average Bonchev–Trinajstić information content (AvgIpc) is 2.87. The molecule has 21 heavy (non-hydrogen) atoms. The van der Waals surface area contributed by atoms with E-state index in [2.05, 4.69) is 36.4 Å². The summed E-state index contributed by atoms with van der Waals surface area (Å²) in [5.41, 5.74) is 21.1. The second kappa shape index (κ2) is 4.38. The summed E-state index contributed by atoms with van der Waals surface area (Å²) in [7, 11) is 0. The summed E-state index contributed by atoms with van der Waals surface area (Å²) in [6.07, 6.45) is 0.917. The third kappa shape index (κ3) is 1.73. The Hall–Kier alpha value is -2.74. The molecule has 1 aliphatic carbocycles. The van der Waals surface area contributed by atoms with Crippen molar-refractivity contribution < 1.29 is 0 Å². The van der Waals surface area contributed by atoms with E-state index in [1.54, 1.807) is 0 Å². The number of nitrogen functional groups attached to an aromatic ring is 2. The van der Waals surface area contributed by atoms with Gasteiger partial charge < -0.3 is 11.5 Å². The molecule has 102 valence electrons. The zero-order valence-electron chi connectivity index (χ0n) is 11.6. The monoisotopic (exact) mass is 272 g/mol. The molecule has 0 aromatic heterocycles. The van der Waals surface area contributed by atoms with Gasteiger partial charge in [-0.1, -0.05) is 54.6 Å². The predicted octanol–water partition coefficient (Wildman–Crippen LogP) is 4.09. The summed E-state index contributed by atoms with van der Waals surface area (Å²) in [6, 6.07) is 20.8. The molecule has 2 nitrogen and oxygen atoms in total. The third-order valence-electron chi connectivity index (χ3n) is 4.24. The van der Waals surface area contributed by atoms with Crippen LogP contribution in [0.4, 0.5) is 11.4 Å². The van der Waals surface area contributed by atoms with Crippen LogP contribution < -0.4 is 11.5 Å². The average molecular weight is 272 g/mol. The van der Waals surface area contributed by atoms with Crippen LogP contribution in [0.2, 0.25) is 0 Å². The first-order valence-electron chi connectivity index (χ1n) is 7.10. The van der Waals surface area contributed by atoms with E-state index in [9.17, 15) is 0 Å². The summed E-state index contributed by atoms with van der Waals surface area (Å²) in [4.78, 5) is 0. The van der Waals surface area contributed by atoms with Crippen molar-refractivity contribution >= 4 is 11.4 Å². The van der Waals surface area contributed by atoms with Crippen LogP contribution in [-0.4, -0.2) is 0 Å². The van der Waals surface area contributed by atoms with Gasteiger partial charge in [0.15, 0.2) is 0 Å². The van der Waals surface area contributed by atoms with E-state index in [0.29, 0.717) is 11.4 Å². The number of rotatable bonds is 1. The molecule has 1 aliphatic rings. The summed E-state index contributed by atoms with van der Waals surface area (Å²) in [5.74, 6) is 0. The molecule has 0 amide bonds. The van der Waals surface area contributed by atoms with Crippen LogP contribution in [0.1, 0.15) is 11.1 Å². The van der Waals surface area contributed by atoms with Crippen molar-refractivity contribution in [3.63, 3.8) is 0 Å². The molecule has 0 saturated carbocycles. The normalized spacial score (nSPS) is 12.0. The molecule has 3 aromatic carbocycles. The van der Waals surface area contributed by atoms with Gasteiger partial charge in [-0.05, 0) is 40.3 Å². The van der Waals surface area contributed by atoms with Crippen LogP contribution in [0.5, 0.6) is 0 Å². The van der Waals surface area contributed by atoms with Gasteiger partial charge in [0.05, 0.1) is 11.4 Å². The third-order valence-corrected chi connectivity index (χ3v) is 4.24. The highest BCUT2D eigenvalue weighted by molar-refractivity contribution is 5.95. The van der Waals surface area contributed by atoms with Gasteiger partial charge in [0.1, 0.15) is 0 Å². The number of benzene rings is 3. The maximum Gasteiger partial charge on any atom is 0.0630 e. The minimum absolute atomic E-state index is 0.657. The Bertz CT molecular complexity index is 836. The quantitative estimate of drug-likeness (QED) is 0.513. The van der Waals surface area contributed by atoms with Crippen molar-refractivity contribution in [1.29, 1.82) is 0 Å². The first-order valence-corrected chi connectivity index (χ1v) is 7.10. The first kappa shape index (κ1) is 12.0. The van der Waals surface area contributed by atoms with Crippen LogP contribution in [-0.2, 0) is 6.42 Å². The molecule has 0 radical (unpaired) electrons. The van der Waals surface area contributed by atoms with Crippen molar-refractivity contribution in [2.75, 3.05) is 11.5 Å². The van der Waals surface area contributed by atoms with Gasteiger partial charge in [0.2, 0.25) is 0 Å². The van der Waals surface area contributed by atoms with Crippen molar-refractivity contribution in [2.45, 2.75) is 6.42 Å². The molecule has 0 heterocycles. The molecule has 0 saturated heterocycles. The van der Waals surface area contributed by atoms with Crippen molar-refractivity contribution in [3.8, 4) is 22.3 Å². The lowest BCUT2D eigenvalue weighted by atomic mass is 9.93. The topological polar surface area (TPSA) is 52.0 Å². The molecular weight excluding hydrogens is 256 g/mol. The SMILES string of the molecule is Nc1cc2c(c(-c3ccccc3)c1N)Cc1ccccc1-2. The Balaban J connectivity index is 2.04. The van der Waals surface area contributed by atoms with Crippen molar-refractivity contribution in [1.82, 2.24) is 0 Å². The lowest BCUT2D eigenvalue weighted by Crippen LogP contribution is -2.01. The Labute approximate surface area is 124 Å². The highest BCUT2D eigenvalue weighted by atomic mass is 14.7. The Morgan fingerprint density at radius 1 is 0.762 bits per heavy atom. The summed E-state index contributed by atoms with van der Waals surface area (Å²) < 4.78 is 0. The lowest BCUT2D eigenvalue weighted by molar-refractivity contribution is 1.26. The second-order valence-electron chi connectivity index (χ2n) is 5.48. The van der Waals surface area contributed by atoms with Crippen molar-refractivity contribution in [3.05, 3.63) is 71.8 Å². The molecule has 0 unspecified atom stereocenters. The fourth-order valence-electron chi connectivity index (χ4n) is 3.25. The first-order chi connectivity index (χ1) is 10.3. The molecule has 0 atom stereocenters. The molecule has 3 aromatic rings. The highest BCUT2D eigenvalue weighted by Crippen LogP contribution is 2.46. The molecule has 0 bridgehead atoms. The fraction of sp³-hybridized carbons (Fsp3) is 0.0526. The Morgan fingerprint density at radius 3 is 2.29 bits per heavy atom. The largest absolute Gasteiger partial charge is 0.397 e. The summed E-state index contributed by atoms with van der Waals surface area (Å²) in [5, 5.41) is 0. The number of fused-ring (bicyclic) bond motifs is 3. The molecule has 0 spiro atoms. The van der Waals surface area contributed by atoms with E-state index in [-0.39, 0.29) is 0 Å². The van der Waals surface area contributed by atoms with E-state index in [1.165, 1.54) is 22.3 Å². The number of nitrogens with two attached hydrogens (primary N) is 2. The van der Waals surface area contributed by atoms with E-state index < -0.39 is 0 Å². The zero-order chi connectivity index (χ0) is 14.4. The van der Waals surface area contributed by atoms with Crippen molar-refractivity contribution in [2.24, 2.45) is 0 Å². The molecule has 4 rings (SSSR count). The highest BCUT2D eigenvalue weighted by Gasteiger charge is 2.24. The van der Waals surface area contributed by atoms with Gasteiger partial charge in [-0.25, -0.2) is 0 Å². The van der Waals surface area contributed by atoms with Gasteiger partial charge in [-0.2, -0.15) is 0 Å². The van der Waals surface area contributed by atoms with Gasteiger partial charge in [0.25, 0.3) is 0 Å². The van der Waals surface area contributed by atoms with E-state index in [4.69, 9.17) is 11.5 Å². The van der Waals surface area contributed by atoms with Crippen LogP contribution in [0.15, 0.2) is 60.7 Å². The standard InChI is InChI=1S/C19H16N2/c20-17-11-15-14-9-5-4-8-13(14)10-16(15)18(19(17)21)12-6-2-1-3-7-12/h1-9,11H,10,20-21H2. The second-order valence-corrected chi connectivity index (χ2v) is 5.48. The van der Waals surface area contributed by atoms with Gasteiger partial charge in [-0.3, -0.25) is 0 Å². The Morgan fingerprint density at radius 2 is 1.48 bits per heavy atom. The smallest absolute Gasteiger partial charge is 0.0630 e. The molecule has 2 heteroatoms. The summed E-state index contributed by atoms with van der Waals surface area (Å²) >= 11 is 0. The minimum atomic E-state index is 0.657. The van der Waals surface area contributed by atoms with Gasteiger partial charge >= 0.3 is 0 Å². The van der Waals surface area contributed by atoms with Crippen LogP contribution in [0.25, 0.3) is 22.3 Å². The van der Waals surface area contributed by atoms with Crippen LogP contribution >= 0.6 is 0 Å². The maximum atomic E-state index is 6.30. The molecule has 0 fully saturated rings. The minimum Gasteiger partial charge on any atom is -0.397 e. The molecule has 4 N–H and O–H groups in total. The van der Waals surface area contributed by atoms with Crippen LogP contribution in [0.3, 0.4) is 0 Å². The molecule has 0 aliphatic heterocycles. The molecular formula is C19H16N2. The van der Waals surface area contributed by atoms with E-state index >= 15 is 0 Å². The van der Waals surface area contributed by atoms with Gasteiger partial charge in [0, 0.05) is 5.56 Å². The number of anilines is 2. The van der Waals surface area contributed by atoms with Gasteiger partial charge in [-0.15, -0.1) is 0 Å². The van der Waals surface area contributed by atoms with E-state index in [1.807, 2.05) is 24.3 Å². The maximum absolute atomic E-state index is 6.30. The lowest BCUT2D eigenvalue weighted by Gasteiger charge is -2.15. The summed E-state index contributed by atoms with van der Waals surface area (Å²) in [6.45, 7) is 0. The Kier molecular flexibility index (Phi) is 2.51. The fourth-order valence-corrected chi connectivity index (χ4v) is 3.25. The number of hydrogen-bond donors (Lipinski definition) is 2. The van der Waals surface area contributed by atoms with E-state index in [0.717, 1.165) is 17.5 Å².